The second-order valence-corrected chi connectivity index (χ2v) is 4.19. The van der Waals surface area contributed by atoms with Gasteiger partial charge < -0.3 is 5.32 Å². The van der Waals surface area contributed by atoms with Crippen LogP contribution in [0.3, 0.4) is 0 Å². The molecule has 0 bridgehead atoms. The van der Waals surface area contributed by atoms with Gasteiger partial charge in [0, 0.05) is 23.3 Å². The molecule has 1 heterocycles. The first-order valence-electron chi connectivity index (χ1n) is 4.67. The Morgan fingerprint density at radius 3 is 3.00 bits per heavy atom. The summed E-state index contributed by atoms with van der Waals surface area (Å²) in [6, 6.07) is 4.47. The molecule has 0 aliphatic heterocycles. The van der Waals surface area contributed by atoms with Gasteiger partial charge in [0.2, 0.25) is 0 Å². The molecule has 0 amide bonds. The third kappa shape index (κ3) is 4.03. The predicted molar refractivity (Wildman–Crippen MR) is 63.1 cm³/mol. The van der Waals surface area contributed by atoms with Crippen molar-refractivity contribution in [1.82, 2.24) is 10.3 Å². The van der Waals surface area contributed by atoms with Crippen LogP contribution in [0.1, 0.15) is 19.0 Å². The number of hydrogen-bond donors (Lipinski definition) is 1. The molecule has 1 rings (SSSR count). The summed E-state index contributed by atoms with van der Waals surface area (Å²) in [5.41, 5.74) is 1.06. The maximum absolute atomic E-state index is 4.28. The van der Waals surface area contributed by atoms with Gasteiger partial charge in [0.1, 0.15) is 0 Å². The van der Waals surface area contributed by atoms with Crippen LogP contribution in [-0.4, -0.2) is 11.0 Å². The molecule has 14 heavy (non-hydrogen) atoms. The van der Waals surface area contributed by atoms with Gasteiger partial charge in [-0.05, 0) is 41.4 Å². The summed E-state index contributed by atoms with van der Waals surface area (Å²) in [7, 11) is 0. The van der Waals surface area contributed by atoms with Crippen LogP contribution in [0.25, 0.3) is 0 Å². The van der Waals surface area contributed by atoms with E-state index in [9.17, 15) is 0 Å². The van der Waals surface area contributed by atoms with Crippen LogP contribution in [0.4, 0.5) is 0 Å². The van der Waals surface area contributed by atoms with Gasteiger partial charge >= 0.3 is 0 Å². The summed E-state index contributed by atoms with van der Waals surface area (Å²) in [6.07, 6.45) is 4.72. The number of nitrogens with one attached hydrogen (secondary N) is 1. The number of pyridine rings is 1. The molecule has 0 saturated heterocycles. The number of halogens is 1. The van der Waals surface area contributed by atoms with E-state index in [2.05, 4.69) is 39.7 Å². The van der Waals surface area contributed by atoms with E-state index in [-0.39, 0.29) is 0 Å². The lowest BCUT2D eigenvalue weighted by atomic mass is 10.2. The molecule has 0 spiro atoms. The van der Waals surface area contributed by atoms with Crippen molar-refractivity contribution in [2.45, 2.75) is 25.9 Å². The third-order valence-corrected chi connectivity index (χ3v) is 2.41. The largest absolute Gasteiger partial charge is 0.308 e. The molecule has 1 unspecified atom stereocenters. The molecule has 3 heteroatoms. The Hall–Kier alpha value is -0.670. The monoisotopic (exact) mass is 254 g/mol. The predicted octanol–water partition coefficient (Wildman–Crippen LogP) is 2.90. The summed E-state index contributed by atoms with van der Waals surface area (Å²) < 4.78 is 1.01. The van der Waals surface area contributed by atoms with Crippen molar-refractivity contribution < 1.29 is 0 Å². The van der Waals surface area contributed by atoms with Crippen LogP contribution in [0.2, 0.25) is 0 Å². The van der Waals surface area contributed by atoms with Crippen LogP contribution in [0, 0.1) is 0 Å². The Morgan fingerprint density at radius 2 is 2.43 bits per heavy atom. The fourth-order valence-electron chi connectivity index (χ4n) is 1.12. The molecule has 0 aliphatic carbocycles. The molecule has 2 nitrogen and oxygen atoms in total. The van der Waals surface area contributed by atoms with E-state index >= 15 is 0 Å². The normalized spacial score (nSPS) is 12.4. The highest BCUT2D eigenvalue weighted by molar-refractivity contribution is 9.10. The maximum atomic E-state index is 4.28. The number of rotatable bonds is 5. The minimum Gasteiger partial charge on any atom is -0.308 e. The van der Waals surface area contributed by atoms with Crippen LogP contribution < -0.4 is 5.32 Å². The highest BCUT2D eigenvalue weighted by Crippen LogP contribution is 2.07. The molecule has 1 aromatic heterocycles. The zero-order valence-electron chi connectivity index (χ0n) is 8.33. The Kier molecular flexibility index (Phi) is 4.84. The van der Waals surface area contributed by atoms with Gasteiger partial charge in [-0.1, -0.05) is 6.08 Å². The summed E-state index contributed by atoms with van der Waals surface area (Å²) >= 11 is 3.35. The average Bonchev–Trinajstić information content (AvgIpc) is 2.17. The number of nitrogens with zero attached hydrogens (tertiary/aromatic N) is 1. The lowest BCUT2D eigenvalue weighted by Crippen LogP contribution is -2.25. The third-order valence-electron chi connectivity index (χ3n) is 1.94. The van der Waals surface area contributed by atoms with E-state index in [4.69, 9.17) is 0 Å². The van der Waals surface area contributed by atoms with E-state index in [0.29, 0.717) is 6.04 Å². The SMILES string of the molecule is C=CCC(C)NCc1ccc(Br)cn1. The second kappa shape index (κ2) is 5.94. The molecular weight excluding hydrogens is 240 g/mol. The maximum Gasteiger partial charge on any atom is 0.0542 e. The zero-order chi connectivity index (χ0) is 10.4. The summed E-state index contributed by atoms with van der Waals surface area (Å²) in [4.78, 5) is 4.28. The van der Waals surface area contributed by atoms with E-state index in [1.54, 1.807) is 0 Å². The summed E-state index contributed by atoms with van der Waals surface area (Å²) in [5.74, 6) is 0. The van der Waals surface area contributed by atoms with Gasteiger partial charge in [0.15, 0.2) is 0 Å². The van der Waals surface area contributed by atoms with Crippen LogP contribution in [-0.2, 0) is 6.54 Å². The van der Waals surface area contributed by atoms with Crippen molar-refractivity contribution in [3.8, 4) is 0 Å². The molecule has 0 aromatic carbocycles. The quantitative estimate of drug-likeness (QED) is 0.818. The topological polar surface area (TPSA) is 24.9 Å². The molecule has 0 saturated carbocycles. The summed E-state index contributed by atoms with van der Waals surface area (Å²) in [5, 5.41) is 3.37. The lowest BCUT2D eigenvalue weighted by Gasteiger charge is -2.10. The first-order chi connectivity index (χ1) is 6.72. The molecule has 0 fully saturated rings. The fourth-order valence-corrected chi connectivity index (χ4v) is 1.36. The Bertz CT molecular complexity index is 282. The highest BCUT2D eigenvalue weighted by Gasteiger charge is 1.99. The molecule has 1 N–H and O–H groups in total. The molecule has 1 atom stereocenters. The van der Waals surface area contributed by atoms with Gasteiger partial charge in [-0.25, -0.2) is 0 Å². The molecule has 1 aromatic rings. The average molecular weight is 255 g/mol. The van der Waals surface area contributed by atoms with E-state index in [1.807, 2.05) is 24.4 Å². The standard InChI is InChI=1S/C11H15BrN2/c1-3-4-9(2)13-8-11-6-5-10(12)7-14-11/h3,5-7,9,13H,1,4,8H2,2H3. The second-order valence-electron chi connectivity index (χ2n) is 3.27. The first kappa shape index (κ1) is 11.4. The van der Waals surface area contributed by atoms with E-state index in [1.165, 1.54) is 0 Å². The number of hydrogen-bond acceptors (Lipinski definition) is 2. The minimum atomic E-state index is 0.456. The highest BCUT2D eigenvalue weighted by atomic mass is 79.9. The van der Waals surface area contributed by atoms with Crippen molar-refractivity contribution in [3.05, 3.63) is 41.2 Å². The van der Waals surface area contributed by atoms with Crippen molar-refractivity contribution in [2.75, 3.05) is 0 Å². The van der Waals surface area contributed by atoms with Gasteiger partial charge in [-0.3, -0.25) is 4.98 Å². The smallest absolute Gasteiger partial charge is 0.0542 e. The summed E-state index contributed by atoms with van der Waals surface area (Å²) in [6.45, 7) is 6.65. The van der Waals surface area contributed by atoms with E-state index < -0.39 is 0 Å². The molecule has 0 aliphatic rings. The van der Waals surface area contributed by atoms with Crippen LogP contribution in [0.15, 0.2) is 35.5 Å². The fraction of sp³-hybridized carbons (Fsp3) is 0.364. The number of aromatic nitrogens is 1. The molecule has 0 radical (unpaired) electrons. The Labute approximate surface area is 93.6 Å². The van der Waals surface area contributed by atoms with Crippen molar-refractivity contribution >= 4 is 15.9 Å². The van der Waals surface area contributed by atoms with E-state index in [0.717, 1.165) is 23.1 Å². The Balaban J connectivity index is 2.37. The van der Waals surface area contributed by atoms with Crippen molar-refractivity contribution in [3.63, 3.8) is 0 Å². The van der Waals surface area contributed by atoms with Gasteiger partial charge in [0.05, 0.1) is 5.69 Å². The van der Waals surface area contributed by atoms with Gasteiger partial charge in [-0.2, -0.15) is 0 Å². The van der Waals surface area contributed by atoms with Crippen molar-refractivity contribution in [1.29, 1.82) is 0 Å². The van der Waals surface area contributed by atoms with Crippen molar-refractivity contribution in [2.24, 2.45) is 0 Å². The minimum absolute atomic E-state index is 0.456. The first-order valence-corrected chi connectivity index (χ1v) is 5.46. The molecule has 76 valence electrons. The molecular formula is C11H15BrN2. The van der Waals surface area contributed by atoms with Crippen LogP contribution in [0.5, 0.6) is 0 Å². The van der Waals surface area contributed by atoms with Gasteiger partial charge in [0.25, 0.3) is 0 Å². The lowest BCUT2D eigenvalue weighted by molar-refractivity contribution is 0.548. The van der Waals surface area contributed by atoms with Gasteiger partial charge in [-0.15, -0.1) is 6.58 Å². The Morgan fingerprint density at radius 1 is 1.64 bits per heavy atom. The zero-order valence-corrected chi connectivity index (χ0v) is 9.92. The van der Waals surface area contributed by atoms with Crippen LogP contribution >= 0.6 is 15.9 Å².